The van der Waals surface area contributed by atoms with Crippen molar-refractivity contribution in [2.24, 2.45) is 0 Å². The molecule has 0 heterocycles. The quantitative estimate of drug-likeness (QED) is 0.333. The van der Waals surface area contributed by atoms with Crippen LogP contribution in [0.3, 0.4) is 0 Å². The maximum atomic E-state index is 9.89. The Morgan fingerprint density at radius 3 is 1.68 bits per heavy atom. The molecule has 0 fully saturated rings. The summed E-state index contributed by atoms with van der Waals surface area (Å²) < 4.78 is 0. The fraction of sp³-hybridized carbons (Fsp3) is 0.950. The van der Waals surface area contributed by atoms with E-state index in [2.05, 4.69) is 20.3 Å². The van der Waals surface area contributed by atoms with Crippen LogP contribution in [0.2, 0.25) is 0 Å². The van der Waals surface area contributed by atoms with Crippen LogP contribution in [-0.4, -0.2) is 22.4 Å². The van der Waals surface area contributed by atoms with Crippen molar-refractivity contribution in [3.63, 3.8) is 0 Å². The topological polar surface area (TPSA) is 40.5 Å². The van der Waals surface area contributed by atoms with Crippen LogP contribution in [0.4, 0.5) is 0 Å². The van der Waals surface area contributed by atoms with Gasteiger partial charge in [0.2, 0.25) is 0 Å². The average Bonchev–Trinajstić information content (AvgIpc) is 2.50. The molecule has 0 rings (SSSR count). The minimum absolute atomic E-state index is 0.321. The lowest BCUT2D eigenvalue weighted by Crippen LogP contribution is -2.17. The highest BCUT2D eigenvalue weighted by Crippen LogP contribution is 2.14. The third kappa shape index (κ3) is 16.3. The summed E-state index contributed by atoms with van der Waals surface area (Å²) in [5, 5.41) is 19.6. The Bertz CT molecular complexity index is 206. The van der Waals surface area contributed by atoms with Crippen molar-refractivity contribution in [1.82, 2.24) is 0 Å². The monoisotopic (exact) mass is 313 g/mol. The Balaban J connectivity index is 3.21. The SMILES string of the molecule is CC[CH]CC(O)CC(O)CCCCCCCCCCCCC. The standard InChI is InChI=1S/C20H41O2/c1-3-5-7-8-9-10-11-12-13-14-15-17-20(22)18-19(21)16-6-4-2/h6,19-22H,3-5,7-18H2,1-2H3. The summed E-state index contributed by atoms with van der Waals surface area (Å²) in [6, 6.07) is 0. The second-order valence-electron chi connectivity index (χ2n) is 6.80. The van der Waals surface area contributed by atoms with E-state index >= 15 is 0 Å². The Labute approximate surface area is 139 Å². The lowest BCUT2D eigenvalue weighted by atomic mass is 10.0. The van der Waals surface area contributed by atoms with Gasteiger partial charge >= 0.3 is 0 Å². The summed E-state index contributed by atoms with van der Waals surface area (Å²) in [7, 11) is 0. The third-order valence-corrected chi connectivity index (χ3v) is 4.41. The molecule has 2 atom stereocenters. The molecular formula is C20H41O2. The first-order chi connectivity index (χ1) is 10.7. The summed E-state index contributed by atoms with van der Waals surface area (Å²) in [5.41, 5.74) is 0. The first-order valence-electron chi connectivity index (χ1n) is 9.88. The minimum atomic E-state index is -0.359. The molecule has 2 unspecified atom stereocenters. The summed E-state index contributed by atoms with van der Waals surface area (Å²) in [5.74, 6) is 0. The highest BCUT2D eigenvalue weighted by Gasteiger charge is 2.11. The molecule has 0 aromatic heterocycles. The van der Waals surface area contributed by atoms with Crippen molar-refractivity contribution in [2.45, 2.75) is 122 Å². The number of aliphatic hydroxyl groups excluding tert-OH is 2. The maximum Gasteiger partial charge on any atom is 0.0567 e. The van der Waals surface area contributed by atoms with Gasteiger partial charge in [0.15, 0.2) is 0 Å². The van der Waals surface area contributed by atoms with E-state index in [-0.39, 0.29) is 12.2 Å². The van der Waals surface area contributed by atoms with Crippen molar-refractivity contribution in [3.05, 3.63) is 6.42 Å². The van der Waals surface area contributed by atoms with Gasteiger partial charge in [-0.05, 0) is 25.7 Å². The third-order valence-electron chi connectivity index (χ3n) is 4.41. The second kappa shape index (κ2) is 17.3. The van der Waals surface area contributed by atoms with E-state index in [1.54, 1.807) is 0 Å². The number of unbranched alkanes of at least 4 members (excludes halogenated alkanes) is 11. The lowest BCUT2D eigenvalue weighted by Gasteiger charge is -2.15. The van der Waals surface area contributed by atoms with Gasteiger partial charge in [0, 0.05) is 0 Å². The summed E-state index contributed by atoms with van der Waals surface area (Å²) in [6.45, 7) is 4.34. The maximum absolute atomic E-state index is 9.89. The highest BCUT2D eigenvalue weighted by molar-refractivity contribution is 4.71. The molecule has 22 heavy (non-hydrogen) atoms. The molecule has 0 bridgehead atoms. The van der Waals surface area contributed by atoms with E-state index in [1.807, 2.05) is 0 Å². The molecule has 2 N–H and O–H groups in total. The number of hydrogen-bond acceptors (Lipinski definition) is 2. The number of rotatable bonds is 17. The highest BCUT2D eigenvalue weighted by atomic mass is 16.3. The zero-order chi connectivity index (χ0) is 16.5. The summed E-state index contributed by atoms with van der Waals surface area (Å²) in [6.07, 6.45) is 19.2. The fourth-order valence-corrected chi connectivity index (χ4v) is 2.93. The molecule has 2 nitrogen and oxygen atoms in total. The van der Waals surface area contributed by atoms with E-state index in [0.29, 0.717) is 12.8 Å². The van der Waals surface area contributed by atoms with Gasteiger partial charge in [0.1, 0.15) is 0 Å². The summed E-state index contributed by atoms with van der Waals surface area (Å²) >= 11 is 0. The van der Waals surface area contributed by atoms with Crippen molar-refractivity contribution < 1.29 is 10.2 Å². The van der Waals surface area contributed by atoms with Crippen LogP contribution in [0.25, 0.3) is 0 Å². The Hall–Kier alpha value is -0.0800. The molecule has 0 aromatic carbocycles. The first kappa shape index (κ1) is 21.9. The molecule has 0 aromatic rings. The molecule has 133 valence electrons. The fourth-order valence-electron chi connectivity index (χ4n) is 2.93. The Morgan fingerprint density at radius 2 is 1.18 bits per heavy atom. The van der Waals surface area contributed by atoms with Crippen LogP contribution < -0.4 is 0 Å². The second-order valence-corrected chi connectivity index (χ2v) is 6.80. The van der Waals surface area contributed by atoms with Gasteiger partial charge < -0.3 is 10.2 Å². The zero-order valence-electron chi connectivity index (χ0n) is 15.2. The van der Waals surface area contributed by atoms with Gasteiger partial charge in [-0.2, -0.15) is 0 Å². The molecule has 0 aliphatic carbocycles. The van der Waals surface area contributed by atoms with Crippen LogP contribution in [0.1, 0.15) is 110 Å². The van der Waals surface area contributed by atoms with E-state index in [4.69, 9.17) is 0 Å². The average molecular weight is 314 g/mol. The van der Waals surface area contributed by atoms with E-state index in [0.717, 1.165) is 19.3 Å². The lowest BCUT2D eigenvalue weighted by molar-refractivity contribution is 0.0734. The van der Waals surface area contributed by atoms with Crippen LogP contribution in [0.15, 0.2) is 0 Å². The van der Waals surface area contributed by atoms with E-state index in [1.165, 1.54) is 64.2 Å². The summed E-state index contributed by atoms with van der Waals surface area (Å²) in [4.78, 5) is 0. The van der Waals surface area contributed by atoms with Gasteiger partial charge in [-0.15, -0.1) is 0 Å². The van der Waals surface area contributed by atoms with Gasteiger partial charge in [-0.3, -0.25) is 0 Å². The van der Waals surface area contributed by atoms with Crippen LogP contribution in [-0.2, 0) is 0 Å². The van der Waals surface area contributed by atoms with Gasteiger partial charge in [-0.1, -0.05) is 90.9 Å². The van der Waals surface area contributed by atoms with Crippen molar-refractivity contribution in [1.29, 1.82) is 0 Å². The van der Waals surface area contributed by atoms with Crippen LogP contribution in [0, 0.1) is 6.42 Å². The van der Waals surface area contributed by atoms with Crippen molar-refractivity contribution in [2.75, 3.05) is 0 Å². The zero-order valence-corrected chi connectivity index (χ0v) is 15.2. The largest absolute Gasteiger partial charge is 0.393 e. The van der Waals surface area contributed by atoms with Crippen molar-refractivity contribution in [3.8, 4) is 0 Å². The van der Waals surface area contributed by atoms with Crippen molar-refractivity contribution >= 4 is 0 Å². The number of hydrogen-bond donors (Lipinski definition) is 2. The molecule has 0 spiro atoms. The normalized spacial score (nSPS) is 14.2. The smallest absolute Gasteiger partial charge is 0.0567 e. The molecule has 2 heteroatoms. The minimum Gasteiger partial charge on any atom is -0.393 e. The van der Waals surface area contributed by atoms with E-state index in [9.17, 15) is 10.2 Å². The molecule has 0 saturated carbocycles. The van der Waals surface area contributed by atoms with Gasteiger partial charge in [0.25, 0.3) is 0 Å². The predicted octanol–water partition coefficient (Wildman–Crippen LogP) is 5.80. The van der Waals surface area contributed by atoms with Gasteiger partial charge in [-0.25, -0.2) is 0 Å². The molecular weight excluding hydrogens is 272 g/mol. The van der Waals surface area contributed by atoms with Crippen LogP contribution in [0.5, 0.6) is 0 Å². The molecule has 0 saturated heterocycles. The number of aliphatic hydroxyl groups is 2. The molecule has 0 aliphatic heterocycles. The molecule has 0 aliphatic rings. The van der Waals surface area contributed by atoms with Crippen LogP contribution >= 0.6 is 0 Å². The van der Waals surface area contributed by atoms with E-state index < -0.39 is 0 Å². The molecule has 0 amide bonds. The predicted molar refractivity (Wildman–Crippen MR) is 96.9 cm³/mol. The Morgan fingerprint density at radius 1 is 0.682 bits per heavy atom. The Kier molecular flexibility index (Phi) is 17.2. The molecule has 1 radical (unpaired) electrons. The first-order valence-corrected chi connectivity index (χ1v) is 9.88. The van der Waals surface area contributed by atoms with Gasteiger partial charge in [0.05, 0.1) is 12.2 Å².